The molecule has 1 aromatic rings. The van der Waals surface area contributed by atoms with Gasteiger partial charge in [0.05, 0.1) is 3.57 Å². The molecule has 0 atom stereocenters. The van der Waals surface area contributed by atoms with E-state index >= 15 is 0 Å². The average Bonchev–Trinajstić information content (AvgIpc) is 2.20. The van der Waals surface area contributed by atoms with Crippen LogP contribution in [0.4, 0.5) is 8.78 Å². The molecule has 2 nitrogen and oxygen atoms in total. The van der Waals surface area contributed by atoms with Gasteiger partial charge in [0, 0.05) is 17.9 Å². The topological polar surface area (TPSA) is 26.3 Å². The van der Waals surface area contributed by atoms with Crippen molar-refractivity contribution >= 4 is 40.0 Å². The van der Waals surface area contributed by atoms with Crippen LogP contribution in [0.15, 0.2) is 18.2 Å². The lowest BCUT2D eigenvalue weighted by Crippen LogP contribution is -2.05. The molecule has 0 amide bonds. The summed E-state index contributed by atoms with van der Waals surface area (Å²) in [6.45, 7) is -2.86. The van der Waals surface area contributed by atoms with E-state index in [1.807, 2.05) is 22.6 Å². The van der Waals surface area contributed by atoms with Crippen molar-refractivity contribution in [2.45, 2.75) is 13.0 Å². The molecule has 0 aliphatic carbocycles. The van der Waals surface area contributed by atoms with Crippen molar-refractivity contribution in [1.82, 2.24) is 0 Å². The monoisotopic (exact) mass is 360 g/mol. The molecular weight excluding hydrogens is 352 g/mol. The third-order valence-electron chi connectivity index (χ3n) is 1.79. The molecule has 0 saturated carbocycles. The Labute approximate surface area is 110 Å². The smallest absolute Gasteiger partial charge is 0.387 e. The van der Waals surface area contributed by atoms with Gasteiger partial charge in [-0.15, -0.1) is 11.6 Å². The normalized spacial score (nSPS) is 10.6. The van der Waals surface area contributed by atoms with Gasteiger partial charge in [0.2, 0.25) is 0 Å². The van der Waals surface area contributed by atoms with E-state index in [2.05, 4.69) is 4.74 Å². The van der Waals surface area contributed by atoms with Gasteiger partial charge in [0.25, 0.3) is 0 Å². The molecule has 88 valence electrons. The van der Waals surface area contributed by atoms with E-state index in [0.29, 0.717) is 9.13 Å². The SMILES string of the molecule is O=C(CCCl)c1ccc(OC(F)F)c(I)c1. The third-order valence-corrected chi connectivity index (χ3v) is 2.82. The zero-order valence-electron chi connectivity index (χ0n) is 8.05. The molecule has 1 aromatic carbocycles. The molecular formula is C10H8ClF2IO2. The minimum atomic E-state index is -2.86. The van der Waals surface area contributed by atoms with Gasteiger partial charge in [-0.2, -0.15) is 8.78 Å². The van der Waals surface area contributed by atoms with Crippen LogP contribution in [-0.2, 0) is 0 Å². The Hall–Kier alpha value is -0.430. The van der Waals surface area contributed by atoms with E-state index in [1.165, 1.54) is 18.2 Å². The summed E-state index contributed by atoms with van der Waals surface area (Å²) in [6, 6.07) is 4.32. The summed E-state index contributed by atoms with van der Waals surface area (Å²) in [6.07, 6.45) is 0.229. The second-order valence-electron chi connectivity index (χ2n) is 2.89. The summed E-state index contributed by atoms with van der Waals surface area (Å²) in [5.74, 6) is 0.194. The predicted octanol–water partition coefficient (Wildman–Crippen LogP) is 3.70. The van der Waals surface area contributed by atoms with Crippen molar-refractivity contribution in [2.75, 3.05) is 5.88 Å². The van der Waals surface area contributed by atoms with Gasteiger partial charge >= 0.3 is 6.61 Å². The van der Waals surface area contributed by atoms with Crippen LogP contribution in [0.25, 0.3) is 0 Å². The first-order valence-corrected chi connectivity index (χ1v) is 5.99. The standard InChI is InChI=1S/C10H8ClF2IO2/c11-4-3-8(15)6-1-2-9(7(14)5-6)16-10(12)13/h1-2,5,10H,3-4H2. The molecule has 0 N–H and O–H groups in total. The Morgan fingerprint density at radius 1 is 1.50 bits per heavy atom. The highest BCUT2D eigenvalue weighted by Crippen LogP contribution is 2.24. The summed E-state index contributed by atoms with van der Waals surface area (Å²) in [5, 5.41) is 0. The molecule has 0 heterocycles. The highest BCUT2D eigenvalue weighted by atomic mass is 127. The highest BCUT2D eigenvalue weighted by molar-refractivity contribution is 14.1. The highest BCUT2D eigenvalue weighted by Gasteiger charge is 2.11. The van der Waals surface area contributed by atoms with Gasteiger partial charge < -0.3 is 4.74 Å². The summed E-state index contributed by atoms with van der Waals surface area (Å²) in [4.78, 5) is 11.5. The van der Waals surface area contributed by atoms with Gasteiger partial charge in [0.1, 0.15) is 5.75 Å². The Bertz CT molecular complexity index is 385. The van der Waals surface area contributed by atoms with Crippen LogP contribution in [0.2, 0.25) is 0 Å². The number of ether oxygens (including phenoxy) is 1. The molecule has 0 bridgehead atoms. The van der Waals surface area contributed by atoms with E-state index in [4.69, 9.17) is 11.6 Å². The number of carbonyl (C=O) groups excluding carboxylic acids is 1. The Morgan fingerprint density at radius 2 is 2.19 bits per heavy atom. The van der Waals surface area contributed by atoms with Gasteiger partial charge in [0.15, 0.2) is 5.78 Å². The molecule has 0 radical (unpaired) electrons. The first kappa shape index (κ1) is 13.6. The fraction of sp³-hybridized carbons (Fsp3) is 0.300. The van der Waals surface area contributed by atoms with Gasteiger partial charge in [-0.1, -0.05) is 0 Å². The fourth-order valence-corrected chi connectivity index (χ4v) is 1.91. The predicted molar refractivity (Wildman–Crippen MR) is 65.5 cm³/mol. The average molecular weight is 361 g/mol. The fourth-order valence-electron chi connectivity index (χ4n) is 1.10. The molecule has 0 unspecified atom stereocenters. The van der Waals surface area contributed by atoms with Crippen LogP contribution in [0, 0.1) is 3.57 Å². The van der Waals surface area contributed by atoms with Crippen LogP contribution in [0.1, 0.15) is 16.8 Å². The van der Waals surface area contributed by atoms with Crippen LogP contribution in [0.5, 0.6) is 5.75 Å². The second kappa shape index (κ2) is 6.34. The molecule has 0 aliphatic heterocycles. The first-order valence-electron chi connectivity index (χ1n) is 4.38. The van der Waals surface area contributed by atoms with Crippen molar-refractivity contribution < 1.29 is 18.3 Å². The molecule has 0 aliphatic rings. The van der Waals surface area contributed by atoms with Crippen molar-refractivity contribution in [1.29, 1.82) is 0 Å². The lowest BCUT2D eigenvalue weighted by atomic mass is 10.1. The van der Waals surface area contributed by atoms with Crippen LogP contribution >= 0.6 is 34.2 Å². The molecule has 0 spiro atoms. The van der Waals surface area contributed by atoms with Gasteiger partial charge in [-0.3, -0.25) is 4.79 Å². The van der Waals surface area contributed by atoms with Crippen LogP contribution in [0.3, 0.4) is 0 Å². The molecule has 1 rings (SSSR count). The second-order valence-corrected chi connectivity index (χ2v) is 4.43. The van der Waals surface area contributed by atoms with E-state index in [-0.39, 0.29) is 23.8 Å². The van der Waals surface area contributed by atoms with E-state index in [1.54, 1.807) is 0 Å². The number of alkyl halides is 3. The van der Waals surface area contributed by atoms with Crippen LogP contribution in [-0.4, -0.2) is 18.3 Å². The maximum absolute atomic E-state index is 12.0. The Morgan fingerprint density at radius 3 is 2.69 bits per heavy atom. The number of ketones is 1. The molecule has 6 heteroatoms. The quantitative estimate of drug-likeness (QED) is 0.455. The summed E-state index contributed by atoms with van der Waals surface area (Å²) in [5.41, 5.74) is 0.451. The molecule has 0 saturated heterocycles. The van der Waals surface area contributed by atoms with E-state index in [9.17, 15) is 13.6 Å². The largest absolute Gasteiger partial charge is 0.434 e. The van der Waals surface area contributed by atoms with Gasteiger partial charge in [-0.05, 0) is 40.8 Å². The molecule has 16 heavy (non-hydrogen) atoms. The number of hydrogen-bond donors (Lipinski definition) is 0. The molecule has 0 aromatic heterocycles. The zero-order valence-corrected chi connectivity index (χ0v) is 11.0. The number of rotatable bonds is 5. The lowest BCUT2D eigenvalue weighted by Gasteiger charge is -2.07. The van der Waals surface area contributed by atoms with E-state index in [0.717, 1.165) is 0 Å². The number of hydrogen-bond acceptors (Lipinski definition) is 2. The lowest BCUT2D eigenvalue weighted by molar-refractivity contribution is -0.0504. The maximum atomic E-state index is 12.0. The van der Waals surface area contributed by atoms with Gasteiger partial charge in [-0.25, -0.2) is 0 Å². The maximum Gasteiger partial charge on any atom is 0.387 e. The summed E-state index contributed by atoms with van der Waals surface area (Å²) < 4.78 is 28.7. The minimum Gasteiger partial charge on any atom is -0.434 e. The number of carbonyl (C=O) groups is 1. The van der Waals surface area contributed by atoms with E-state index < -0.39 is 6.61 Å². The minimum absolute atomic E-state index is 0.0676. The third kappa shape index (κ3) is 3.86. The van der Waals surface area contributed by atoms with Crippen molar-refractivity contribution in [3.05, 3.63) is 27.3 Å². The first-order chi connectivity index (χ1) is 7.54. The number of Topliss-reactive ketones (excluding diaryl/α,β-unsaturated/α-hetero) is 1. The summed E-state index contributed by atoms with van der Waals surface area (Å²) >= 11 is 7.28. The zero-order chi connectivity index (χ0) is 12.1. The van der Waals surface area contributed by atoms with Crippen molar-refractivity contribution in [2.24, 2.45) is 0 Å². The summed E-state index contributed by atoms with van der Waals surface area (Å²) in [7, 11) is 0. The van der Waals surface area contributed by atoms with Crippen LogP contribution < -0.4 is 4.74 Å². The van der Waals surface area contributed by atoms with Crippen molar-refractivity contribution in [3.63, 3.8) is 0 Å². The Balaban J connectivity index is 2.86. The number of halogens is 4. The number of benzene rings is 1. The molecule has 0 fully saturated rings. The Kier molecular flexibility index (Phi) is 5.40. The van der Waals surface area contributed by atoms with Crippen molar-refractivity contribution in [3.8, 4) is 5.75 Å².